The van der Waals surface area contributed by atoms with Gasteiger partial charge in [-0.05, 0) is 44.9 Å². The summed E-state index contributed by atoms with van der Waals surface area (Å²) in [4.78, 5) is 38.2. The molecule has 0 saturated heterocycles. The molecule has 0 aromatic heterocycles. The van der Waals surface area contributed by atoms with Crippen molar-refractivity contribution in [2.45, 2.75) is 341 Å². The van der Waals surface area contributed by atoms with E-state index in [0.29, 0.717) is 19.3 Å². The Hall–Kier alpha value is -1.85. The molecule has 0 aliphatic rings. The zero-order valence-electron chi connectivity index (χ0n) is 44.7. The molecular weight excluding hydrogens is 817 g/mol. The number of rotatable bonds is 55. The number of hydrogen-bond acceptors (Lipinski definition) is 6. The number of esters is 3. The fourth-order valence-corrected chi connectivity index (χ4v) is 9.03. The van der Waals surface area contributed by atoms with Gasteiger partial charge in [-0.15, -0.1) is 0 Å². The lowest BCUT2D eigenvalue weighted by molar-refractivity contribution is -0.167. The molecule has 0 saturated carbocycles. The van der Waals surface area contributed by atoms with Crippen molar-refractivity contribution >= 4 is 17.9 Å². The van der Waals surface area contributed by atoms with E-state index in [-0.39, 0.29) is 31.1 Å². The quantitative estimate of drug-likeness (QED) is 0.0262. The molecule has 0 spiro atoms. The van der Waals surface area contributed by atoms with E-state index in [9.17, 15) is 14.4 Å². The Kier molecular flexibility index (Phi) is 54.2. The molecule has 0 N–H and O–H groups in total. The van der Waals surface area contributed by atoms with Gasteiger partial charge >= 0.3 is 17.9 Å². The summed E-state index contributed by atoms with van der Waals surface area (Å²) in [5, 5.41) is 0. The highest BCUT2D eigenvalue weighted by atomic mass is 16.6. The minimum atomic E-state index is -0.766. The Balaban J connectivity index is 4.30. The van der Waals surface area contributed by atoms with Crippen LogP contribution in [0.3, 0.4) is 0 Å². The van der Waals surface area contributed by atoms with Crippen molar-refractivity contribution in [2.75, 3.05) is 13.2 Å². The molecule has 0 fully saturated rings. The van der Waals surface area contributed by atoms with E-state index in [0.717, 1.165) is 57.8 Å². The van der Waals surface area contributed by atoms with Crippen LogP contribution in [0.4, 0.5) is 0 Å². The summed E-state index contributed by atoms with van der Waals surface area (Å²) in [5.41, 5.74) is 0. The lowest BCUT2D eigenvalue weighted by Gasteiger charge is -2.18. The van der Waals surface area contributed by atoms with Crippen molar-refractivity contribution in [1.29, 1.82) is 0 Å². The van der Waals surface area contributed by atoms with Crippen molar-refractivity contribution < 1.29 is 28.6 Å². The van der Waals surface area contributed by atoms with Gasteiger partial charge in [0.2, 0.25) is 0 Å². The van der Waals surface area contributed by atoms with Gasteiger partial charge < -0.3 is 14.2 Å². The van der Waals surface area contributed by atoms with Crippen LogP contribution in [0.5, 0.6) is 0 Å². The van der Waals surface area contributed by atoms with Gasteiger partial charge in [0, 0.05) is 19.3 Å². The zero-order chi connectivity index (χ0) is 47.9. The van der Waals surface area contributed by atoms with Gasteiger partial charge in [0.1, 0.15) is 13.2 Å². The zero-order valence-corrected chi connectivity index (χ0v) is 44.7. The normalized spacial score (nSPS) is 12.0. The van der Waals surface area contributed by atoms with Gasteiger partial charge in [-0.3, -0.25) is 14.4 Å². The van der Waals surface area contributed by atoms with E-state index >= 15 is 0 Å². The fourth-order valence-electron chi connectivity index (χ4n) is 9.03. The van der Waals surface area contributed by atoms with Gasteiger partial charge in [-0.25, -0.2) is 0 Å². The van der Waals surface area contributed by atoms with Crippen LogP contribution in [0.1, 0.15) is 335 Å². The highest BCUT2D eigenvalue weighted by Crippen LogP contribution is 2.17. The first kappa shape index (κ1) is 64.2. The summed E-state index contributed by atoms with van der Waals surface area (Å²) in [7, 11) is 0. The van der Waals surface area contributed by atoms with Crippen LogP contribution in [0.25, 0.3) is 0 Å². The van der Waals surface area contributed by atoms with Crippen molar-refractivity contribution in [2.24, 2.45) is 0 Å². The highest BCUT2D eigenvalue weighted by molar-refractivity contribution is 5.71. The largest absolute Gasteiger partial charge is 0.462 e. The second-order valence-corrected chi connectivity index (χ2v) is 20.3. The molecule has 0 aromatic rings. The van der Waals surface area contributed by atoms with Crippen LogP contribution in [-0.2, 0) is 28.6 Å². The minimum absolute atomic E-state index is 0.0656. The molecular formula is C60H114O6. The molecule has 0 heterocycles. The van der Waals surface area contributed by atoms with Crippen molar-refractivity contribution in [1.82, 2.24) is 0 Å². The molecule has 390 valence electrons. The second kappa shape index (κ2) is 55.7. The van der Waals surface area contributed by atoms with Gasteiger partial charge in [0.15, 0.2) is 6.10 Å². The number of ether oxygens (including phenoxy) is 3. The van der Waals surface area contributed by atoms with Crippen LogP contribution >= 0.6 is 0 Å². The number of carbonyl (C=O) groups excluding carboxylic acids is 3. The lowest BCUT2D eigenvalue weighted by Crippen LogP contribution is -2.30. The third-order valence-electron chi connectivity index (χ3n) is 13.5. The van der Waals surface area contributed by atoms with E-state index in [2.05, 4.69) is 32.9 Å². The Morgan fingerprint density at radius 3 is 0.758 bits per heavy atom. The first-order valence-corrected chi connectivity index (χ1v) is 29.7. The maximum Gasteiger partial charge on any atom is 0.306 e. The third kappa shape index (κ3) is 53.1. The Labute approximate surface area is 411 Å². The van der Waals surface area contributed by atoms with E-state index < -0.39 is 6.10 Å². The molecule has 0 amide bonds. The molecule has 0 unspecified atom stereocenters. The molecule has 1 atom stereocenters. The van der Waals surface area contributed by atoms with E-state index in [1.807, 2.05) is 0 Å². The molecule has 0 bridgehead atoms. The van der Waals surface area contributed by atoms with Crippen LogP contribution in [0.2, 0.25) is 0 Å². The van der Waals surface area contributed by atoms with Crippen molar-refractivity contribution in [3.8, 4) is 0 Å². The van der Waals surface area contributed by atoms with E-state index in [1.54, 1.807) is 0 Å². The van der Waals surface area contributed by atoms with Crippen molar-refractivity contribution in [3.63, 3.8) is 0 Å². The summed E-state index contributed by atoms with van der Waals surface area (Å²) >= 11 is 0. The smallest absolute Gasteiger partial charge is 0.306 e. The number of unbranched alkanes of at least 4 members (excludes halogenated alkanes) is 42. The third-order valence-corrected chi connectivity index (χ3v) is 13.5. The number of allylic oxidation sites excluding steroid dienone is 2. The predicted molar refractivity (Wildman–Crippen MR) is 284 cm³/mol. The Bertz CT molecular complexity index is 1020. The molecule has 0 aromatic carbocycles. The van der Waals surface area contributed by atoms with Gasteiger partial charge in [-0.2, -0.15) is 0 Å². The summed E-state index contributed by atoms with van der Waals surface area (Å²) in [5.74, 6) is -0.844. The first-order chi connectivity index (χ1) is 32.5. The topological polar surface area (TPSA) is 78.9 Å². The Morgan fingerprint density at radius 1 is 0.288 bits per heavy atom. The second-order valence-electron chi connectivity index (χ2n) is 20.3. The summed E-state index contributed by atoms with van der Waals surface area (Å²) in [6, 6.07) is 0. The molecule has 6 nitrogen and oxygen atoms in total. The fraction of sp³-hybridized carbons (Fsp3) is 0.917. The summed E-state index contributed by atoms with van der Waals surface area (Å²) in [6.07, 6.45) is 63.4. The standard InChI is InChI=1S/C60H114O6/c1-4-7-10-13-16-19-22-25-27-29-31-32-35-38-41-44-47-50-53-59(62)65-56-57(55-64-58(61)52-49-46-43-40-37-34-24-21-18-15-12-9-6-3)66-60(63)54-51-48-45-42-39-36-33-30-28-26-23-20-17-14-11-8-5-2/h26,28,57H,4-25,27,29-56H2,1-3H3/b28-26+/t57-/m1/s1. The average Bonchev–Trinajstić information content (AvgIpc) is 3.31. The lowest BCUT2D eigenvalue weighted by atomic mass is 10.0. The van der Waals surface area contributed by atoms with E-state index in [4.69, 9.17) is 14.2 Å². The maximum atomic E-state index is 12.9. The van der Waals surface area contributed by atoms with Gasteiger partial charge in [-0.1, -0.05) is 283 Å². The predicted octanol–water partition coefficient (Wildman–Crippen LogP) is 19.7. The molecule has 6 heteroatoms. The highest BCUT2D eigenvalue weighted by Gasteiger charge is 2.19. The van der Waals surface area contributed by atoms with Crippen LogP contribution < -0.4 is 0 Å². The number of hydrogen-bond donors (Lipinski definition) is 0. The first-order valence-electron chi connectivity index (χ1n) is 29.7. The van der Waals surface area contributed by atoms with Crippen LogP contribution in [0.15, 0.2) is 12.2 Å². The summed E-state index contributed by atoms with van der Waals surface area (Å²) < 4.78 is 16.9. The van der Waals surface area contributed by atoms with Gasteiger partial charge in [0.25, 0.3) is 0 Å². The van der Waals surface area contributed by atoms with E-state index in [1.165, 1.54) is 238 Å². The maximum absolute atomic E-state index is 12.9. The molecule has 0 aliphatic heterocycles. The number of carbonyl (C=O) groups is 3. The monoisotopic (exact) mass is 931 g/mol. The van der Waals surface area contributed by atoms with Crippen LogP contribution in [-0.4, -0.2) is 37.2 Å². The van der Waals surface area contributed by atoms with Crippen molar-refractivity contribution in [3.05, 3.63) is 12.2 Å². The SMILES string of the molecule is CCCCCCCC/C=C/CCCCCCCCCC(=O)O[C@H](COC(=O)CCCCCCCCCCCCCCC)COC(=O)CCCCCCCCCCCCCCCCCCCC. The molecule has 66 heavy (non-hydrogen) atoms. The molecule has 0 radical (unpaired) electrons. The minimum Gasteiger partial charge on any atom is -0.462 e. The molecule has 0 rings (SSSR count). The summed E-state index contributed by atoms with van der Waals surface area (Å²) in [6.45, 7) is 6.69. The average molecular weight is 932 g/mol. The Morgan fingerprint density at radius 2 is 0.500 bits per heavy atom. The molecule has 0 aliphatic carbocycles. The van der Waals surface area contributed by atoms with Gasteiger partial charge in [0.05, 0.1) is 0 Å². The van der Waals surface area contributed by atoms with Crippen LogP contribution in [0, 0.1) is 0 Å².